The molecule has 1 aromatic carbocycles. The minimum Gasteiger partial charge on any atom is -0.480 e. The molecule has 0 aliphatic heterocycles. The number of rotatable bonds is 8. The monoisotopic (exact) mass is 347 g/mol. The van der Waals surface area contributed by atoms with Crippen LogP contribution in [-0.4, -0.2) is 53.2 Å². The van der Waals surface area contributed by atoms with Gasteiger partial charge >= 0.3 is 12.0 Å². The molecule has 1 saturated carbocycles. The molecule has 138 valence electrons. The highest BCUT2D eigenvalue weighted by Gasteiger charge is 2.34. The highest BCUT2D eigenvalue weighted by molar-refractivity contribution is 5.74. The van der Waals surface area contributed by atoms with Crippen LogP contribution < -0.4 is 10.6 Å². The molecule has 6 nitrogen and oxygen atoms in total. The number of carbonyl (C=O) groups is 2. The summed E-state index contributed by atoms with van der Waals surface area (Å²) < 4.78 is 0. The van der Waals surface area contributed by atoms with Crippen LogP contribution in [0.2, 0.25) is 0 Å². The summed E-state index contributed by atoms with van der Waals surface area (Å²) in [6.07, 6.45) is 2.41. The van der Waals surface area contributed by atoms with Gasteiger partial charge < -0.3 is 15.7 Å². The highest BCUT2D eigenvalue weighted by atomic mass is 16.4. The van der Waals surface area contributed by atoms with Crippen molar-refractivity contribution in [2.75, 3.05) is 13.1 Å². The van der Waals surface area contributed by atoms with Crippen molar-refractivity contribution >= 4 is 12.0 Å². The third-order valence-corrected chi connectivity index (χ3v) is 4.87. The summed E-state index contributed by atoms with van der Waals surface area (Å²) in [5.74, 6) is -0.805. The van der Waals surface area contributed by atoms with E-state index in [0.29, 0.717) is 6.54 Å². The lowest BCUT2D eigenvalue weighted by molar-refractivity contribution is -0.139. The molecule has 1 aliphatic rings. The van der Waals surface area contributed by atoms with E-state index < -0.39 is 5.97 Å². The molecule has 25 heavy (non-hydrogen) atoms. The van der Waals surface area contributed by atoms with E-state index >= 15 is 0 Å². The predicted molar refractivity (Wildman–Crippen MR) is 97.7 cm³/mol. The van der Waals surface area contributed by atoms with Gasteiger partial charge in [-0.25, -0.2) is 4.79 Å². The highest BCUT2D eigenvalue weighted by Crippen LogP contribution is 2.25. The molecule has 3 N–H and O–H groups in total. The molecular formula is C19H29N3O3. The van der Waals surface area contributed by atoms with Gasteiger partial charge in [0.1, 0.15) is 0 Å². The van der Waals surface area contributed by atoms with Gasteiger partial charge in [0.05, 0.1) is 6.54 Å². The fourth-order valence-electron chi connectivity index (χ4n) is 3.35. The van der Waals surface area contributed by atoms with Crippen LogP contribution in [0.1, 0.15) is 37.8 Å². The van der Waals surface area contributed by atoms with E-state index in [4.69, 9.17) is 5.11 Å². The van der Waals surface area contributed by atoms with E-state index in [1.54, 1.807) is 0 Å². The number of hydrogen-bond donors (Lipinski definition) is 3. The van der Waals surface area contributed by atoms with Crippen molar-refractivity contribution in [3.05, 3.63) is 35.4 Å². The summed E-state index contributed by atoms with van der Waals surface area (Å²) in [6.45, 7) is 6.81. The van der Waals surface area contributed by atoms with Gasteiger partial charge in [0.2, 0.25) is 0 Å². The average Bonchev–Trinajstić information content (AvgIpc) is 2.50. The van der Waals surface area contributed by atoms with Crippen LogP contribution in [0, 0.1) is 6.92 Å². The van der Waals surface area contributed by atoms with Crippen molar-refractivity contribution < 1.29 is 14.7 Å². The SMILES string of the molecule is CCN(CC(=O)O)C1CC(NC(=O)NC(C)Cc2ccccc2C)C1. The number of benzene rings is 1. The fraction of sp³-hybridized carbons (Fsp3) is 0.579. The van der Waals surface area contributed by atoms with Crippen LogP contribution in [-0.2, 0) is 11.2 Å². The summed E-state index contributed by atoms with van der Waals surface area (Å²) in [5, 5.41) is 14.9. The summed E-state index contributed by atoms with van der Waals surface area (Å²) in [5.41, 5.74) is 2.47. The molecule has 1 unspecified atom stereocenters. The Bertz CT molecular complexity index is 599. The zero-order chi connectivity index (χ0) is 18.4. The van der Waals surface area contributed by atoms with Crippen LogP contribution in [0.5, 0.6) is 0 Å². The molecule has 6 heteroatoms. The number of hydrogen-bond acceptors (Lipinski definition) is 3. The second-order valence-corrected chi connectivity index (χ2v) is 6.93. The van der Waals surface area contributed by atoms with Gasteiger partial charge in [0.15, 0.2) is 0 Å². The number of aliphatic carboxylic acids is 1. The first-order chi connectivity index (χ1) is 11.9. The maximum absolute atomic E-state index is 12.1. The Morgan fingerprint density at radius 2 is 2.00 bits per heavy atom. The lowest BCUT2D eigenvalue weighted by Gasteiger charge is -2.42. The minimum atomic E-state index is -0.805. The van der Waals surface area contributed by atoms with Crippen molar-refractivity contribution in [2.24, 2.45) is 0 Å². The van der Waals surface area contributed by atoms with E-state index in [2.05, 4.69) is 29.7 Å². The molecule has 0 bridgehead atoms. The largest absolute Gasteiger partial charge is 0.480 e. The van der Waals surface area contributed by atoms with Gasteiger partial charge in [0, 0.05) is 18.1 Å². The van der Waals surface area contributed by atoms with Crippen LogP contribution in [0.4, 0.5) is 4.79 Å². The Balaban J connectivity index is 1.71. The van der Waals surface area contributed by atoms with Crippen molar-refractivity contribution in [1.29, 1.82) is 0 Å². The molecule has 0 saturated heterocycles. The van der Waals surface area contributed by atoms with Gasteiger partial charge in [-0.05, 0) is 50.8 Å². The van der Waals surface area contributed by atoms with Gasteiger partial charge in [-0.3, -0.25) is 9.69 Å². The van der Waals surface area contributed by atoms with E-state index in [9.17, 15) is 9.59 Å². The number of nitrogens with one attached hydrogen (secondary N) is 2. The second-order valence-electron chi connectivity index (χ2n) is 6.93. The Labute approximate surface area is 149 Å². The maximum Gasteiger partial charge on any atom is 0.317 e. The van der Waals surface area contributed by atoms with Gasteiger partial charge in [-0.15, -0.1) is 0 Å². The first-order valence-electron chi connectivity index (χ1n) is 8.96. The summed E-state index contributed by atoms with van der Waals surface area (Å²) in [4.78, 5) is 24.9. The molecule has 0 aromatic heterocycles. The first-order valence-corrected chi connectivity index (χ1v) is 8.96. The Kier molecular flexibility index (Phi) is 6.82. The third kappa shape index (κ3) is 5.74. The minimum absolute atomic E-state index is 0.0520. The molecule has 0 spiro atoms. The van der Waals surface area contributed by atoms with Crippen LogP contribution in [0.15, 0.2) is 24.3 Å². The van der Waals surface area contributed by atoms with Crippen molar-refractivity contribution in [3.63, 3.8) is 0 Å². The molecule has 1 fully saturated rings. The molecular weight excluding hydrogens is 318 g/mol. The standard InChI is InChI=1S/C19H29N3O3/c1-4-22(12-18(23)24)17-10-16(11-17)21-19(25)20-14(3)9-15-8-6-5-7-13(15)2/h5-8,14,16-17H,4,9-12H2,1-3H3,(H,23,24)(H2,20,21,25). The Hall–Kier alpha value is -2.08. The molecule has 1 aromatic rings. The van der Waals surface area contributed by atoms with Gasteiger partial charge in [0.25, 0.3) is 0 Å². The number of likely N-dealkylation sites (N-methyl/N-ethyl adjacent to an activating group) is 1. The molecule has 0 radical (unpaired) electrons. The van der Waals surface area contributed by atoms with Crippen molar-refractivity contribution in [3.8, 4) is 0 Å². The topological polar surface area (TPSA) is 81.7 Å². The van der Waals surface area contributed by atoms with E-state index in [-0.39, 0.29) is 30.7 Å². The molecule has 2 amide bonds. The van der Waals surface area contributed by atoms with E-state index in [1.807, 2.05) is 30.9 Å². The smallest absolute Gasteiger partial charge is 0.317 e. The lowest BCUT2D eigenvalue weighted by Crippen LogP contribution is -2.57. The number of carbonyl (C=O) groups excluding carboxylic acids is 1. The number of urea groups is 1. The molecule has 1 aliphatic carbocycles. The number of nitrogens with zero attached hydrogens (tertiary/aromatic N) is 1. The summed E-state index contributed by atoms with van der Waals surface area (Å²) in [6, 6.07) is 8.47. The molecule has 1 atom stereocenters. The van der Waals surface area contributed by atoms with E-state index in [1.165, 1.54) is 11.1 Å². The number of carboxylic acid groups (broad SMARTS) is 1. The van der Waals surface area contributed by atoms with Gasteiger partial charge in [-0.2, -0.15) is 0 Å². The quantitative estimate of drug-likeness (QED) is 0.673. The number of carboxylic acids is 1. The predicted octanol–water partition coefficient (Wildman–Crippen LogP) is 2.16. The first kappa shape index (κ1) is 19.2. The van der Waals surface area contributed by atoms with Crippen LogP contribution in [0.25, 0.3) is 0 Å². The molecule has 2 rings (SSSR count). The Morgan fingerprint density at radius 1 is 1.32 bits per heavy atom. The summed E-state index contributed by atoms with van der Waals surface area (Å²) >= 11 is 0. The summed E-state index contributed by atoms with van der Waals surface area (Å²) in [7, 11) is 0. The maximum atomic E-state index is 12.1. The number of amides is 2. The zero-order valence-corrected chi connectivity index (χ0v) is 15.3. The van der Waals surface area contributed by atoms with Crippen LogP contribution in [0.3, 0.4) is 0 Å². The lowest BCUT2D eigenvalue weighted by atomic mass is 9.85. The molecule has 0 heterocycles. The van der Waals surface area contributed by atoms with E-state index in [0.717, 1.165) is 19.3 Å². The zero-order valence-electron chi connectivity index (χ0n) is 15.3. The average molecular weight is 347 g/mol. The third-order valence-electron chi connectivity index (χ3n) is 4.87. The van der Waals surface area contributed by atoms with Crippen LogP contribution >= 0.6 is 0 Å². The van der Waals surface area contributed by atoms with Crippen molar-refractivity contribution in [1.82, 2.24) is 15.5 Å². The Morgan fingerprint density at radius 3 is 2.60 bits per heavy atom. The normalized spacial score (nSPS) is 20.6. The fourth-order valence-corrected chi connectivity index (χ4v) is 3.35. The number of aryl methyl sites for hydroxylation is 1. The van der Waals surface area contributed by atoms with Gasteiger partial charge in [-0.1, -0.05) is 31.2 Å². The van der Waals surface area contributed by atoms with Crippen molar-refractivity contribution in [2.45, 2.75) is 58.2 Å². The second kappa shape index (κ2) is 8.85.